The van der Waals surface area contributed by atoms with E-state index in [0.717, 1.165) is 6.07 Å². The lowest BCUT2D eigenvalue weighted by atomic mass is 10.0. The maximum atomic E-state index is 13.5. The Hall–Kier alpha value is -1.82. The molecule has 0 unspecified atom stereocenters. The molecule has 0 aromatic heterocycles. The maximum Gasteiger partial charge on any atom is 0.198 e. The predicted octanol–water partition coefficient (Wildman–Crippen LogP) is 3.68. The fraction of sp³-hybridized carbons (Fsp3) is 0. The van der Waals surface area contributed by atoms with Crippen LogP contribution in [0.2, 0.25) is 0 Å². The maximum absolute atomic E-state index is 13.5. The molecule has 0 saturated heterocycles. The molecular formula is C13H7BrF3NO. The molecule has 19 heavy (non-hydrogen) atoms. The molecule has 2 aromatic rings. The van der Waals surface area contributed by atoms with Crippen LogP contribution in [0.1, 0.15) is 15.9 Å². The molecule has 0 radical (unpaired) electrons. The summed E-state index contributed by atoms with van der Waals surface area (Å²) in [5, 5.41) is 0. The van der Waals surface area contributed by atoms with Gasteiger partial charge in [-0.05, 0) is 30.3 Å². The van der Waals surface area contributed by atoms with Crippen molar-refractivity contribution in [3.05, 3.63) is 63.4 Å². The van der Waals surface area contributed by atoms with Crippen molar-refractivity contribution in [2.45, 2.75) is 0 Å². The smallest absolute Gasteiger partial charge is 0.198 e. The van der Waals surface area contributed by atoms with Crippen LogP contribution in [0.15, 0.2) is 34.8 Å². The van der Waals surface area contributed by atoms with Gasteiger partial charge in [0.2, 0.25) is 0 Å². The van der Waals surface area contributed by atoms with Crippen molar-refractivity contribution in [1.29, 1.82) is 0 Å². The Balaban J connectivity index is 2.53. The molecule has 0 aliphatic rings. The Morgan fingerprint density at radius 3 is 2.26 bits per heavy atom. The van der Waals surface area contributed by atoms with Gasteiger partial charge in [-0.2, -0.15) is 0 Å². The Morgan fingerprint density at radius 1 is 1.00 bits per heavy atom. The minimum Gasteiger partial charge on any atom is -0.398 e. The van der Waals surface area contributed by atoms with E-state index in [4.69, 9.17) is 5.73 Å². The summed E-state index contributed by atoms with van der Waals surface area (Å²) in [7, 11) is 0. The molecule has 0 aliphatic heterocycles. The lowest BCUT2D eigenvalue weighted by Crippen LogP contribution is -2.09. The van der Waals surface area contributed by atoms with Crippen molar-refractivity contribution < 1.29 is 18.0 Å². The first-order chi connectivity index (χ1) is 8.91. The molecule has 0 heterocycles. The second kappa shape index (κ2) is 5.05. The first-order valence-corrected chi connectivity index (χ1v) is 5.94. The van der Waals surface area contributed by atoms with E-state index in [1.165, 1.54) is 12.1 Å². The topological polar surface area (TPSA) is 43.1 Å². The van der Waals surface area contributed by atoms with Gasteiger partial charge in [-0.3, -0.25) is 4.79 Å². The third-order valence-electron chi connectivity index (χ3n) is 2.54. The van der Waals surface area contributed by atoms with Crippen molar-refractivity contribution in [3.8, 4) is 0 Å². The fourth-order valence-electron chi connectivity index (χ4n) is 1.59. The predicted molar refractivity (Wildman–Crippen MR) is 68.3 cm³/mol. The zero-order valence-electron chi connectivity index (χ0n) is 9.38. The van der Waals surface area contributed by atoms with Crippen molar-refractivity contribution in [3.63, 3.8) is 0 Å². The Labute approximate surface area is 115 Å². The summed E-state index contributed by atoms with van der Waals surface area (Å²) in [4.78, 5) is 12.0. The highest BCUT2D eigenvalue weighted by atomic mass is 79.9. The van der Waals surface area contributed by atoms with Crippen LogP contribution in [0.3, 0.4) is 0 Å². The molecule has 0 aliphatic carbocycles. The average Bonchev–Trinajstić information content (AvgIpc) is 2.35. The van der Waals surface area contributed by atoms with Crippen molar-refractivity contribution in [1.82, 2.24) is 0 Å². The number of nitrogens with two attached hydrogens (primary N) is 1. The largest absolute Gasteiger partial charge is 0.398 e. The van der Waals surface area contributed by atoms with Crippen LogP contribution in [-0.4, -0.2) is 5.78 Å². The summed E-state index contributed by atoms with van der Waals surface area (Å²) in [6, 6.07) is 5.97. The van der Waals surface area contributed by atoms with Gasteiger partial charge >= 0.3 is 0 Å². The van der Waals surface area contributed by atoms with Gasteiger partial charge in [0.25, 0.3) is 0 Å². The Bertz CT molecular complexity index is 673. The molecule has 0 spiro atoms. The average molecular weight is 330 g/mol. The highest BCUT2D eigenvalue weighted by Gasteiger charge is 2.21. The van der Waals surface area contributed by atoms with Crippen LogP contribution in [-0.2, 0) is 0 Å². The quantitative estimate of drug-likeness (QED) is 0.519. The van der Waals surface area contributed by atoms with E-state index < -0.39 is 28.8 Å². The third-order valence-corrected chi connectivity index (χ3v) is 3.03. The van der Waals surface area contributed by atoms with Crippen LogP contribution in [0.5, 0.6) is 0 Å². The first-order valence-electron chi connectivity index (χ1n) is 5.15. The minimum atomic E-state index is -1.68. The van der Waals surface area contributed by atoms with Crippen LogP contribution >= 0.6 is 15.9 Å². The van der Waals surface area contributed by atoms with E-state index >= 15 is 0 Å². The molecule has 2 N–H and O–H groups in total. The van der Waals surface area contributed by atoms with Crippen molar-refractivity contribution in [2.24, 2.45) is 0 Å². The van der Waals surface area contributed by atoms with Crippen molar-refractivity contribution >= 4 is 27.4 Å². The second-order valence-electron chi connectivity index (χ2n) is 3.78. The lowest BCUT2D eigenvalue weighted by molar-refractivity contribution is 0.103. The van der Waals surface area contributed by atoms with E-state index in [1.54, 1.807) is 6.07 Å². The van der Waals surface area contributed by atoms with Gasteiger partial charge in [0, 0.05) is 15.7 Å². The molecule has 2 rings (SSSR count). The third kappa shape index (κ3) is 2.49. The van der Waals surface area contributed by atoms with Crippen LogP contribution < -0.4 is 5.73 Å². The number of rotatable bonds is 2. The minimum absolute atomic E-state index is 0.0214. The molecule has 0 atom stereocenters. The molecule has 0 bridgehead atoms. The van der Waals surface area contributed by atoms with Gasteiger partial charge < -0.3 is 5.73 Å². The first kappa shape index (κ1) is 13.6. The van der Waals surface area contributed by atoms with Crippen LogP contribution in [0.4, 0.5) is 18.9 Å². The lowest BCUT2D eigenvalue weighted by Gasteiger charge is -2.07. The van der Waals surface area contributed by atoms with Gasteiger partial charge in [-0.25, -0.2) is 13.2 Å². The van der Waals surface area contributed by atoms with Crippen molar-refractivity contribution in [2.75, 3.05) is 5.73 Å². The Kier molecular flexibility index (Phi) is 3.61. The van der Waals surface area contributed by atoms with E-state index in [9.17, 15) is 18.0 Å². The molecule has 6 heteroatoms. The molecule has 0 saturated carbocycles. The van der Waals surface area contributed by atoms with Gasteiger partial charge in [-0.1, -0.05) is 15.9 Å². The molecule has 98 valence electrons. The van der Waals surface area contributed by atoms with E-state index in [1.807, 2.05) is 0 Å². The number of carbonyl (C=O) groups excluding carboxylic acids is 1. The highest BCUT2D eigenvalue weighted by molar-refractivity contribution is 9.10. The standard InChI is InChI=1S/C13H7BrF3NO/c14-6-1-2-7(10(18)5-6)13(19)8-3-4-9(15)12(17)11(8)16/h1-5H,18H2. The molecule has 0 amide bonds. The Morgan fingerprint density at radius 2 is 1.63 bits per heavy atom. The summed E-state index contributed by atoms with van der Waals surface area (Å²) >= 11 is 3.16. The normalized spacial score (nSPS) is 10.5. The number of hydrogen-bond donors (Lipinski definition) is 1. The summed E-state index contributed by atoms with van der Waals surface area (Å²) < 4.78 is 40.1. The number of benzene rings is 2. The zero-order chi connectivity index (χ0) is 14.2. The SMILES string of the molecule is Nc1cc(Br)ccc1C(=O)c1ccc(F)c(F)c1F. The number of anilines is 1. The van der Waals surface area contributed by atoms with Crippen LogP contribution in [0.25, 0.3) is 0 Å². The molecule has 0 fully saturated rings. The summed E-state index contributed by atoms with van der Waals surface area (Å²) in [6.45, 7) is 0. The number of halogens is 4. The number of ketones is 1. The molecule has 2 aromatic carbocycles. The van der Waals surface area contributed by atoms with E-state index in [-0.39, 0.29) is 11.3 Å². The van der Waals surface area contributed by atoms with Gasteiger partial charge in [0.15, 0.2) is 23.2 Å². The number of carbonyl (C=O) groups is 1. The number of nitrogen functional groups attached to an aromatic ring is 1. The number of hydrogen-bond acceptors (Lipinski definition) is 2. The summed E-state index contributed by atoms with van der Waals surface area (Å²) in [5.74, 6) is -5.35. The van der Waals surface area contributed by atoms with Gasteiger partial charge in [0.1, 0.15) is 0 Å². The van der Waals surface area contributed by atoms with Crippen LogP contribution in [0, 0.1) is 17.5 Å². The van der Waals surface area contributed by atoms with E-state index in [0.29, 0.717) is 10.5 Å². The second-order valence-corrected chi connectivity index (χ2v) is 4.70. The fourth-order valence-corrected chi connectivity index (χ4v) is 1.97. The zero-order valence-corrected chi connectivity index (χ0v) is 11.0. The monoisotopic (exact) mass is 329 g/mol. The molecule has 2 nitrogen and oxygen atoms in total. The molecular weight excluding hydrogens is 323 g/mol. The van der Waals surface area contributed by atoms with Gasteiger partial charge in [-0.15, -0.1) is 0 Å². The van der Waals surface area contributed by atoms with E-state index in [2.05, 4.69) is 15.9 Å². The van der Waals surface area contributed by atoms with Gasteiger partial charge in [0.05, 0.1) is 5.56 Å². The summed E-state index contributed by atoms with van der Waals surface area (Å²) in [5.41, 5.74) is 5.21. The summed E-state index contributed by atoms with van der Waals surface area (Å²) in [6.07, 6.45) is 0. The highest BCUT2D eigenvalue weighted by Crippen LogP contribution is 2.24.